The molecule has 1 rings (SSSR count). The van der Waals surface area contributed by atoms with Gasteiger partial charge >= 0.3 is 0 Å². The van der Waals surface area contributed by atoms with Crippen molar-refractivity contribution in [3.8, 4) is 0 Å². The van der Waals surface area contributed by atoms with Gasteiger partial charge in [0.2, 0.25) is 0 Å². The lowest BCUT2D eigenvalue weighted by Crippen LogP contribution is -2.15. The Morgan fingerprint density at radius 1 is 1.20 bits per heavy atom. The summed E-state index contributed by atoms with van der Waals surface area (Å²) < 4.78 is 5.48. The number of hydrogen-bond acceptors (Lipinski definition) is 2. The third-order valence-corrected chi connectivity index (χ3v) is 1.99. The zero-order chi connectivity index (χ0) is 11.5. The minimum absolute atomic E-state index is 0.0276. The summed E-state index contributed by atoms with van der Waals surface area (Å²) in [7, 11) is 0. The maximum absolute atomic E-state index is 8.88. The van der Waals surface area contributed by atoms with Crippen molar-refractivity contribution < 1.29 is 9.84 Å². The van der Waals surface area contributed by atoms with E-state index >= 15 is 0 Å². The molecule has 0 fully saturated rings. The Morgan fingerprint density at radius 3 is 2.27 bits per heavy atom. The van der Waals surface area contributed by atoms with Gasteiger partial charge < -0.3 is 9.84 Å². The van der Waals surface area contributed by atoms with Crippen LogP contribution in [0.25, 0.3) is 0 Å². The van der Waals surface area contributed by atoms with Gasteiger partial charge in [0.15, 0.2) is 0 Å². The van der Waals surface area contributed by atoms with Crippen molar-refractivity contribution in [2.24, 2.45) is 0 Å². The van der Waals surface area contributed by atoms with E-state index in [1.54, 1.807) is 0 Å². The van der Waals surface area contributed by atoms with Crippen molar-refractivity contribution in [1.29, 1.82) is 0 Å². The van der Waals surface area contributed by atoms with E-state index in [1.165, 1.54) is 0 Å². The SMILES string of the molecule is CC.CCC(CO)OCc1ccccc1. The van der Waals surface area contributed by atoms with Crippen LogP contribution in [-0.4, -0.2) is 17.8 Å². The Kier molecular flexibility index (Phi) is 9.13. The van der Waals surface area contributed by atoms with E-state index in [9.17, 15) is 0 Å². The van der Waals surface area contributed by atoms with E-state index in [1.807, 2.05) is 51.1 Å². The van der Waals surface area contributed by atoms with Crippen molar-refractivity contribution in [1.82, 2.24) is 0 Å². The number of aliphatic hydroxyl groups is 1. The number of ether oxygens (including phenoxy) is 1. The molecule has 2 nitrogen and oxygen atoms in total. The molecule has 0 saturated carbocycles. The Labute approximate surface area is 92.9 Å². The molecule has 0 spiro atoms. The van der Waals surface area contributed by atoms with Crippen molar-refractivity contribution in [3.05, 3.63) is 35.9 Å². The number of hydrogen-bond donors (Lipinski definition) is 1. The molecule has 0 aliphatic rings. The van der Waals surface area contributed by atoms with Crippen molar-refractivity contribution in [2.75, 3.05) is 6.61 Å². The molecule has 1 aromatic rings. The first-order valence-corrected chi connectivity index (χ1v) is 5.63. The highest BCUT2D eigenvalue weighted by atomic mass is 16.5. The summed E-state index contributed by atoms with van der Waals surface area (Å²) in [6.45, 7) is 6.69. The minimum Gasteiger partial charge on any atom is -0.394 e. The Balaban J connectivity index is 0.000000921. The lowest BCUT2D eigenvalue weighted by atomic mass is 10.2. The second-order valence-corrected chi connectivity index (χ2v) is 3.01. The zero-order valence-corrected chi connectivity index (χ0v) is 9.94. The molecule has 1 aromatic carbocycles. The molecule has 1 unspecified atom stereocenters. The van der Waals surface area contributed by atoms with Crippen molar-refractivity contribution >= 4 is 0 Å². The van der Waals surface area contributed by atoms with Crippen LogP contribution in [-0.2, 0) is 11.3 Å². The van der Waals surface area contributed by atoms with Crippen molar-refractivity contribution in [3.63, 3.8) is 0 Å². The third kappa shape index (κ3) is 6.26. The molecule has 86 valence electrons. The van der Waals surface area contributed by atoms with E-state index in [0.717, 1.165) is 12.0 Å². The molecule has 0 aliphatic heterocycles. The van der Waals surface area contributed by atoms with Crippen LogP contribution in [0.1, 0.15) is 32.8 Å². The fourth-order valence-electron chi connectivity index (χ4n) is 1.09. The molecule has 0 radical (unpaired) electrons. The second-order valence-electron chi connectivity index (χ2n) is 3.01. The molecular weight excluding hydrogens is 188 g/mol. The van der Waals surface area contributed by atoms with E-state index in [-0.39, 0.29) is 12.7 Å². The van der Waals surface area contributed by atoms with Crippen LogP contribution in [0, 0.1) is 0 Å². The standard InChI is InChI=1S/C11H16O2.C2H6/c1-2-11(8-12)13-9-10-6-4-3-5-7-10;1-2/h3-7,11-12H,2,8-9H2,1H3;1-2H3. The molecule has 15 heavy (non-hydrogen) atoms. The van der Waals surface area contributed by atoms with Crippen LogP contribution < -0.4 is 0 Å². The van der Waals surface area contributed by atoms with Gasteiger partial charge in [-0.2, -0.15) is 0 Å². The van der Waals surface area contributed by atoms with Gasteiger partial charge in [0.1, 0.15) is 0 Å². The number of aliphatic hydroxyl groups excluding tert-OH is 1. The maximum atomic E-state index is 8.88. The van der Waals surface area contributed by atoms with Crippen LogP contribution in [0.15, 0.2) is 30.3 Å². The monoisotopic (exact) mass is 210 g/mol. The summed E-state index contributed by atoms with van der Waals surface area (Å²) in [5.74, 6) is 0. The van der Waals surface area contributed by atoms with Gasteiger partial charge in [-0.25, -0.2) is 0 Å². The van der Waals surface area contributed by atoms with Crippen LogP contribution in [0.2, 0.25) is 0 Å². The highest BCUT2D eigenvalue weighted by Crippen LogP contribution is 2.04. The van der Waals surface area contributed by atoms with Crippen LogP contribution in [0.4, 0.5) is 0 Å². The Morgan fingerprint density at radius 2 is 1.80 bits per heavy atom. The highest BCUT2D eigenvalue weighted by Gasteiger charge is 2.03. The molecule has 1 atom stereocenters. The highest BCUT2D eigenvalue weighted by molar-refractivity contribution is 5.13. The van der Waals surface area contributed by atoms with E-state index in [2.05, 4.69) is 0 Å². The van der Waals surface area contributed by atoms with E-state index in [4.69, 9.17) is 9.84 Å². The maximum Gasteiger partial charge on any atom is 0.0807 e. The minimum atomic E-state index is -0.0276. The van der Waals surface area contributed by atoms with Gasteiger partial charge in [0, 0.05) is 0 Å². The first kappa shape index (κ1) is 14.1. The number of rotatable bonds is 5. The average Bonchev–Trinajstić information content (AvgIpc) is 2.34. The van der Waals surface area contributed by atoms with Gasteiger partial charge in [-0.15, -0.1) is 0 Å². The second kappa shape index (κ2) is 9.69. The lowest BCUT2D eigenvalue weighted by molar-refractivity contribution is 0.000765. The quantitative estimate of drug-likeness (QED) is 0.809. The first-order chi connectivity index (χ1) is 7.36. The predicted octanol–water partition coefficient (Wildman–Crippen LogP) is 3.00. The van der Waals surface area contributed by atoms with Gasteiger partial charge in [-0.3, -0.25) is 0 Å². The Hall–Kier alpha value is -0.860. The molecule has 0 aliphatic carbocycles. The van der Waals surface area contributed by atoms with Crippen LogP contribution in [0.5, 0.6) is 0 Å². The van der Waals surface area contributed by atoms with Crippen LogP contribution in [0.3, 0.4) is 0 Å². The fraction of sp³-hybridized carbons (Fsp3) is 0.538. The topological polar surface area (TPSA) is 29.5 Å². The molecule has 0 saturated heterocycles. The van der Waals surface area contributed by atoms with Gasteiger partial charge in [-0.1, -0.05) is 51.1 Å². The molecule has 2 heteroatoms. The molecule has 0 heterocycles. The molecule has 0 aromatic heterocycles. The van der Waals surface area contributed by atoms with Crippen LogP contribution >= 0.6 is 0 Å². The van der Waals surface area contributed by atoms with Crippen molar-refractivity contribution in [2.45, 2.75) is 39.9 Å². The predicted molar refractivity (Wildman–Crippen MR) is 63.7 cm³/mol. The summed E-state index contributed by atoms with van der Waals surface area (Å²) in [5.41, 5.74) is 1.15. The van der Waals surface area contributed by atoms with E-state index < -0.39 is 0 Å². The van der Waals surface area contributed by atoms with Gasteiger partial charge in [0.05, 0.1) is 19.3 Å². The van der Waals surface area contributed by atoms with E-state index in [0.29, 0.717) is 6.61 Å². The molecule has 0 amide bonds. The smallest absolute Gasteiger partial charge is 0.0807 e. The summed E-state index contributed by atoms with van der Waals surface area (Å²) in [6.07, 6.45) is 0.823. The molecular formula is C13H22O2. The summed E-state index contributed by atoms with van der Waals surface area (Å²) >= 11 is 0. The molecule has 0 bridgehead atoms. The Bertz CT molecular complexity index is 217. The lowest BCUT2D eigenvalue weighted by Gasteiger charge is -2.12. The van der Waals surface area contributed by atoms with Gasteiger partial charge in [-0.05, 0) is 12.0 Å². The summed E-state index contributed by atoms with van der Waals surface area (Å²) in [5, 5.41) is 8.88. The third-order valence-electron chi connectivity index (χ3n) is 1.99. The number of benzene rings is 1. The first-order valence-electron chi connectivity index (χ1n) is 5.63. The normalized spacial score (nSPS) is 11.5. The fourth-order valence-corrected chi connectivity index (χ4v) is 1.09. The summed E-state index contributed by atoms with van der Waals surface area (Å²) in [4.78, 5) is 0. The molecule has 1 N–H and O–H groups in total. The zero-order valence-electron chi connectivity index (χ0n) is 9.94. The average molecular weight is 210 g/mol. The summed E-state index contributed by atoms with van der Waals surface area (Å²) in [6, 6.07) is 9.98. The largest absolute Gasteiger partial charge is 0.394 e. The van der Waals surface area contributed by atoms with Gasteiger partial charge in [0.25, 0.3) is 0 Å².